The summed E-state index contributed by atoms with van der Waals surface area (Å²) >= 11 is 1.71. The van der Waals surface area contributed by atoms with Crippen molar-refractivity contribution in [2.45, 2.75) is 13.0 Å². The summed E-state index contributed by atoms with van der Waals surface area (Å²) in [5, 5.41) is 8.65. The largest absolute Gasteiger partial charge is 0.396 e. The van der Waals surface area contributed by atoms with Crippen LogP contribution in [0.2, 0.25) is 0 Å². The average Bonchev–Trinajstić information content (AvgIpc) is 2.65. The maximum absolute atomic E-state index is 11.7. The number of aliphatic hydroxyl groups is 1. The molecule has 0 aliphatic heterocycles. The summed E-state index contributed by atoms with van der Waals surface area (Å²) in [6, 6.07) is 7.72. The number of nitrogens with zero attached hydrogens (tertiary/aromatic N) is 1. The van der Waals surface area contributed by atoms with Crippen molar-refractivity contribution in [3.63, 3.8) is 0 Å². The van der Waals surface area contributed by atoms with Crippen LogP contribution in [0.1, 0.15) is 6.42 Å². The van der Waals surface area contributed by atoms with E-state index in [9.17, 15) is 4.79 Å². The van der Waals surface area contributed by atoms with Gasteiger partial charge in [-0.25, -0.2) is 4.79 Å². The van der Waals surface area contributed by atoms with E-state index in [0.29, 0.717) is 0 Å². The molecule has 0 amide bonds. The molecule has 1 heterocycles. The third-order valence-electron chi connectivity index (χ3n) is 2.59. The number of imidazole rings is 1. The van der Waals surface area contributed by atoms with Crippen molar-refractivity contribution in [1.29, 1.82) is 0 Å². The summed E-state index contributed by atoms with van der Waals surface area (Å²) in [7, 11) is 0. The van der Waals surface area contributed by atoms with E-state index in [1.165, 1.54) is 0 Å². The molecule has 0 aliphatic carbocycles. The molecule has 17 heavy (non-hydrogen) atoms. The number of aromatic nitrogens is 2. The molecule has 92 valence electrons. The van der Waals surface area contributed by atoms with Crippen LogP contribution < -0.4 is 5.69 Å². The second-order valence-electron chi connectivity index (χ2n) is 3.79. The predicted octanol–water partition coefficient (Wildman–Crippen LogP) is 1.45. The third kappa shape index (κ3) is 2.92. The molecule has 4 nitrogen and oxygen atoms in total. The number of fused-ring (bicyclic) bond motifs is 1. The number of para-hydroxylation sites is 2. The first kappa shape index (κ1) is 12.3. The molecular weight excluding hydrogens is 236 g/mol. The van der Waals surface area contributed by atoms with Crippen LogP contribution in [-0.2, 0) is 6.54 Å². The van der Waals surface area contributed by atoms with Gasteiger partial charge in [-0.1, -0.05) is 12.1 Å². The van der Waals surface area contributed by atoms with Crippen molar-refractivity contribution in [2.75, 3.05) is 18.1 Å². The molecule has 2 N–H and O–H groups in total. The van der Waals surface area contributed by atoms with Crippen LogP contribution >= 0.6 is 11.8 Å². The SMILES string of the molecule is O=c1[nH]c2ccccc2n1CCCSCCO. The summed E-state index contributed by atoms with van der Waals surface area (Å²) in [6.07, 6.45) is 0.937. The number of aryl methyl sites for hydroxylation is 1. The molecule has 0 saturated heterocycles. The van der Waals surface area contributed by atoms with Gasteiger partial charge in [0.15, 0.2) is 0 Å². The highest BCUT2D eigenvalue weighted by atomic mass is 32.2. The molecule has 2 aromatic rings. The molecule has 0 bridgehead atoms. The maximum Gasteiger partial charge on any atom is 0.326 e. The molecular formula is C12H16N2O2S. The fraction of sp³-hybridized carbons (Fsp3) is 0.417. The van der Waals surface area contributed by atoms with E-state index >= 15 is 0 Å². The maximum atomic E-state index is 11.7. The van der Waals surface area contributed by atoms with Crippen molar-refractivity contribution in [1.82, 2.24) is 9.55 Å². The van der Waals surface area contributed by atoms with E-state index in [2.05, 4.69) is 4.98 Å². The number of benzene rings is 1. The van der Waals surface area contributed by atoms with Crippen molar-refractivity contribution in [3.8, 4) is 0 Å². The fourth-order valence-corrected chi connectivity index (χ4v) is 2.49. The van der Waals surface area contributed by atoms with Crippen LogP contribution in [0.5, 0.6) is 0 Å². The van der Waals surface area contributed by atoms with Crippen molar-refractivity contribution >= 4 is 22.8 Å². The highest BCUT2D eigenvalue weighted by molar-refractivity contribution is 7.99. The van der Waals surface area contributed by atoms with E-state index in [0.717, 1.165) is 35.5 Å². The van der Waals surface area contributed by atoms with Crippen LogP contribution in [0.15, 0.2) is 29.1 Å². The lowest BCUT2D eigenvalue weighted by molar-refractivity contribution is 0.322. The van der Waals surface area contributed by atoms with E-state index in [1.54, 1.807) is 16.3 Å². The lowest BCUT2D eigenvalue weighted by atomic mass is 10.3. The first-order valence-corrected chi connectivity index (χ1v) is 6.84. The van der Waals surface area contributed by atoms with Gasteiger partial charge in [-0.2, -0.15) is 11.8 Å². The molecule has 0 radical (unpaired) electrons. The molecule has 2 rings (SSSR count). The molecule has 0 atom stereocenters. The van der Waals surface area contributed by atoms with Gasteiger partial charge < -0.3 is 10.1 Å². The Kier molecular flexibility index (Phi) is 4.28. The number of hydrogen-bond acceptors (Lipinski definition) is 3. The summed E-state index contributed by atoms with van der Waals surface area (Å²) < 4.78 is 1.77. The van der Waals surface area contributed by atoms with Gasteiger partial charge in [0.2, 0.25) is 0 Å². The van der Waals surface area contributed by atoms with Gasteiger partial charge in [-0.15, -0.1) is 0 Å². The van der Waals surface area contributed by atoms with Gasteiger partial charge in [0, 0.05) is 12.3 Å². The highest BCUT2D eigenvalue weighted by Crippen LogP contribution is 2.10. The Balaban J connectivity index is 2.03. The molecule has 5 heteroatoms. The summed E-state index contributed by atoms with van der Waals surface area (Å²) in [4.78, 5) is 14.6. The Morgan fingerprint density at radius 1 is 1.29 bits per heavy atom. The van der Waals surface area contributed by atoms with Crippen LogP contribution in [0.25, 0.3) is 11.0 Å². The number of thioether (sulfide) groups is 1. The van der Waals surface area contributed by atoms with Crippen molar-refractivity contribution < 1.29 is 5.11 Å². The molecule has 0 spiro atoms. The van der Waals surface area contributed by atoms with Crippen LogP contribution in [0, 0.1) is 0 Å². The number of aromatic amines is 1. The Hall–Kier alpha value is -1.20. The highest BCUT2D eigenvalue weighted by Gasteiger charge is 2.04. The molecule has 0 aliphatic rings. The zero-order valence-electron chi connectivity index (χ0n) is 9.56. The zero-order chi connectivity index (χ0) is 12.1. The average molecular weight is 252 g/mol. The molecule has 1 aromatic heterocycles. The van der Waals surface area contributed by atoms with Crippen LogP contribution in [-0.4, -0.2) is 32.8 Å². The van der Waals surface area contributed by atoms with E-state index in [-0.39, 0.29) is 12.3 Å². The first-order chi connectivity index (χ1) is 8.33. The van der Waals surface area contributed by atoms with Crippen molar-refractivity contribution in [2.24, 2.45) is 0 Å². The minimum atomic E-state index is -0.0432. The lowest BCUT2D eigenvalue weighted by Crippen LogP contribution is -2.17. The van der Waals surface area contributed by atoms with E-state index < -0.39 is 0 Å². The van der Waals surface area contributed by atoms with Gasteiger partial charge >= 0.3 is 5.69 Å². The lowest BCUT2D eigenvalue weighted by Gasteiger charge is -2.02. The number of H-pyrrole nitrogens is 1. The van der Waals surface area contributed by atoms with Gasteiger partial charge in [0.1, 0.15) is 0 Å². The number of hydrogen-bond donors (Lipinski definition) is 2. The minimum Gasteiger partial charge on any atom is -0.396 e. The fourth-order valence-electron chi connectivity index (χ4n) is 1.82. The monoisotopic (exact) mass is 252 g/mol. The molecule has 0 fully saturated rings. The van der Waals surface area contributed by atoms with E-state index in [1.807, 2.05) is 24.3 Å². The summed E-state index contributed by atoms with van der Waals surface area (Å²) in [5.41, 5.74) is 1.81. The topological polar surface area (TPSA) is 58.0 Å². The van der Waals surface area contributed by atoms with Crippen molar-refractivity contribution in [3.05, 3.63) is 34.7 Å². The van der Waals surface area contributed by atoms with Gasteiger partial charge in [-0.3, -0.25) is 4.57 Å². The number of rotatable bonds is 6. The number of aliphatic hydroxyl groups excluding tert-OH is 1. The van der Waals surface area contributed by atoms with Gasteiger partial charge in [-0.05, 0) is 24.3 Å². The summed E-state index contributed by atoms with van der Waals surface area (Å²) in [5.74, 6) is 1.73. The first-order valence-electron chi connectivity index (χ1n) is 5.69. The predicted molar refractivity (Wildman–Crippen MR) is 71.6 cm³/mol. The van der Waals surface area contributed by atoms with Crippen LogP contribution in [0.3, 0.4) is 0 Å². The molecule has 1 aromatic carbocycles. The number of nitrogens with one attached hydrogen (secondary N) is 1. The Bertz CT molecular complexity index is 533. The Morgan fingerprint density at radius 2 is 2.12 bits per heavy atom. The third-order valence-corrected chi connectivity index (χ3v) is 3.64. The molecule has 0 saturated carbocycles. The second kappa shape index (κ2) is 5.93. The van der Waals surface area contributed by atoms with Gasteiger partial charge in [0.25, 0.3) is 0 Å². The minimum absolute atomic E-state index is 0.0432. The quantitative estimate of drug-likeness (QED) is 0.765. The second-order valence-corrected chi connectivity index (χ2v) is 5.01. The Morgan fingerprint density at radius 3 is 2.94 bits per heavy atom. The van der Waals surface area contributed by atoms with Crippen LogP contribution in [0.4, 0.5) is 0 Å². The standard InChI is InChI=1S/C12H16N2O2S/c15-7-9-17-8-3-6-14-11-5-2-1-4-10(11)13-12(14)16/h1-2,4-5,15H,3,6-9H2,(H,13,16). The smallest absolute Gasteiger partial charge is 0.326 e. The zero-order valence-corrected chi connectivity index (χ0v) is 10.4. The van der Waals surface area contributed by atoms with E-state index in [4.69, 9.17) is 5.11 Å². The van der Waals surface area contributed by atoms with Gasteiger partial charge in [0.05, 0.1) is 17.6 Å². The molecule has 0 unspecified atom stereocenters. The summed E-state index contributed by atoms with van der Waals surface area (Å²) in [6.45, 7) is 0.943. The Labute approximate surface area is 104 Å². The normalized spacial score (nSPS) is 11.1.